The van der Waals surface area contributed by atoms with Crippen LogP contribution in [0.1, 0.15) is 55.6 Å². The summed E-state index contributed by atoms with van der Waals surface area (Å²) in [5, 5.41) is 0.581. The zero-order chi connectivity index (χ0) is 29.0. The number of hydrogen-bond acceptors (Lipinski definition) is 6. The molecule has 0 atom stereocenters. The second kappa shape index (κ2) is 14.9. The number of rotatable bonds is 12. The number of benzene rings is 3. The molecule has 0 unspecified atom stereocenters. The third kappa shape index (κ3) is 8.59. The van der Waals surface area contributed by atoms with Crippen molar-refractivity contribution >= 4 is 33.8 Å². The van der Waals surface area contributed by atoms with Gasteiger partial charge in [-0.05, 0) is 53.8 Å². The molecule has 0 spiro atoms. The second-order valence-corrected chi connectivity index (χ2v) is 9.95. The highest BCUT2D eigenvalue weighted by Crippen LogP contribution is 2.19. The Hall–Kier alpha value is -4.30. The van der Waals surface area contributed by atoms with E-state index in [0.717, 1.165) is 22.3 Å². The van der Waals surface area contributed by atoms with Crippen molar-refractivity contribution in [2.75, 3.05) is 13.2 Å². The number of pyridine rings is 1. The van der Waals surface area contributed by atoms with Crippen molar-refractivity contribution in [3.63, 3.8) is 0 Å². The minimum absolute atomic E-state index is 0.0441. The normalized spacial score (nSPS) is 10.6. The van der Waals surface area contributed by atoms with Crippen molar-refractivity contribution < 1.29 is 23.9 Å². The Bertz CT molecular complexity index is 1480. The van der Waals surface area contributed by atoms with Crippen LogP contribution in [0.2, 0.25) is 0 Å². The van der Waals surface area contributed by atoms with Crippen LogP contribution >= 0.6 is 15.9 Å². The number of esters is 1. The summed E-state index contributed by atoms with van der Waals surface area (Å²) in [7, 11) is 0. The van der Waals surface area contributed by atoms with Gasteiger partial charge < -0.3 is 9.47 Å². The Balaban J connectivity index is 1.59. The van der Waals surface area contributed by atoms with E-state index in [9.17, 15) is 14.4 Å². The number of carbonyl (C=O) groups is 3. The zero-order valence-corrected chi connectivity index (χ0v) is 24.4. The Morgan fingerprint density at radius 1 is 0.805 bits per heavy atom. The molecule has 41 heavy (non-hydrogen) atoms. The second-order valence-electron chi connectivity index (χ2n) is 9.39. The van der Waals surface area contributed by atoms with Crippen molar-refractivity contribution in [2.45, 2.75) is 31.8 Å². The molecule has 0 aliphatic rings. The van der Waals surface area contributed by atoms with Gasteiger partial charge in [-0.3, -0.25) is 9.69 Å². The number of ether oxygens (including phenoxy) is 2. The Morgan fingerprint density at radius 2 is 1.49 bits per heavy atom. The van der Waals surface area contributed by atoms with E-state index in [4.69, 9.17) is 9.47 Å². The molecule has 1 heterocycles. The van der Waals surface area contributed by atoms with Crippen LogP contribution in [0.15, 0.2) is 97.2 Å². The Kier molecular flexibility index (Phi) is 10.8. The summed E-state index contributed by atoms with van der Waals surface area (Å²) < 4.78 is 10.7. The summed E-state index contributed by atoms with van der Waals surface area (Å²) >= 11 is 3.51. The fourth-order valence-corrected chi connectivity index (χ4v) is 4.67. The number of alkyl halides is 1. The first-order chi connectivity index (χ1) is 20.0. The molecule has 0 fully saturated rings. The number of nitrogens with zero attached hydrogens (tertiary/aromatic N) is 2. The lowest BCUT2D eigenvalue weighted by atomic mass is 9.98. The van der Waals surface area contributed by atoms with E-state index in [1.807, 2.05) is 72.8 Å². The van der Waals surface area contributed by atoms with Gasteiger partial charge >= 0.3 is 12.1 Å². The lowest BCUT2D eigenvalue weighted by Crippen LogP contribution is -2.36. The van der Waals surface area contributed by atoms with Crippen LogP contribution in [0.3, 0.4) is 0 Å². The summed E-state index contributed by atoms with van der Waals surface area (Å²) in [4.78, 5) is 45.0. The number of halogens is 1. The molecule has 7 nitrogen and oxygen atoms in total. The largest absolute Gasteiger partial charge is 0.461 e. The molecule has 0 aliphatic heterocycles. The standard InChI is InChI=1S/C33H31BrN2O5/c1-2-40-32(38)31-28(14-9-15-35-31)21-36(33(39)41-23-25-12-7-4-8-13-25)22-30(37)29-18-26(17-27(19-29)20-34)16-24-10-5-3-6-11-24/h3-15,17-19H,2,16,20-23H2,1H3. The molecule has 3 aromatic carbocycles. The van der Waals surface area contributed by atoms with Gasteiger partial charge in [0.2, 0.25) is 0 Å². The molecule has 0 radical (unpaired) electrons. The number of aromatic nitrogens is 1. The first-order valence-corrected chi connectivity index (χ1v) is 14.4. The lowest BCUT2D eigenvalue weighted by molar-refractivity contribution is 0.0515. The molecule has 0 N–H and O–H groups in total. The van der Waals surface area contributed by atoms with Crippen LogP contribution in [-0.4, -0.2) is 40.9 Å². The summed E-state index contributed by atoms with van der Waals surface area (Å²) in [6, 6.07) is 28.4. The monoisotopic (exact) mass is 614 g/mol. The third-order valence-corrected chi connectivity index (χ3v) is 6.95. The van der Waals surface area contributed by atoms with Crippen LogP contribution in [0.25, 0.3) is 0 Å². The Morgan fingerprint density at radius 3 is 2.17 bits per heavy atom. The number of Topliss-reactive ketones (excluding diaryl/α,β-unsaturated/α-hetero) is 1. The summed E-state index contributed by atoms with van der Waals surface area (Å²) in [5.74, 6) is -0.844. The number of ketones is 1. The average Bonchev–Trinajstić information content (AvgIpc) is 3.00. The van der Waals surface area contributed by atoms with Crippen molar-refractivity contribution in [2.24, 2.45) is 0 Å². The highest BCUT2D eigenvalue weighted by Gasteiger charge is 2.24. The summed E-state index contributed by atoms with van der Waals surface area (Å²) in [6.07, 6.45) is 1.48. The molecule has 4 rings (SSSR count). The van der Waals surface area contributed by atoms with Gasteiger partial charge in [-0.1, -0.05) is 88.7 Å². The van der Waals surface area contributed by atoms with Crippen molar-refractivity contribution in [3.05, 3.63) is 136 Å². The summed E-state index contributed by atoms with van der Waals surface area (Å²) in [5.41, 5.74) is 4.93. The number of carbonyl (C=O) groups excluding carboxylic acids is 3. The maximum Gasteiger partial charge on any atom is 0.410 e. The van der Waals surface area contributed by atoms with Gasteiger partial charge in [-0.2, -0.15) is 0 Å². The maximum atomic E-state index is 13.6. The lowest BCUT2D eigenvalue weighted by Gasteiger charge is -2.23. The SMILES string of the molecule is CCOC(=O)c1ncccc1CN(CC(=O)c1cc(CBr)cc(Cc2ccccc2)c1)C(=O)OCc1ccccc1. The van der Waals surface area contributed by atoms with E-state index >= 15 is 0 Å². The van der Waals surface area contributed by atoms with Gasteiger partial charge in [-0.15, -0.1) is 0 Å². The minimum Gasteiger partial charge on any atom is -0.461 e. The van der Waals surface area contributed by atoms with Crippen molar-refractivity contribution in [3.8, 4) is 0 Å². The van der Waals surface area contributed by atoms with E-state index in [0.29, 0.717) is 22.9 Å². The first-order valence-electron chi connectivity index (χ1n) is 13.3. The predicted molar refractivity (Wildman–Crippen MR) is 160 cm³/mol. The molecule has 210 valence electrons. The molecule has 1 aromatic heterocycles. The highest BCUT2D eigenvalue weighted by atomic mass is 79.9. The van der Waals surface area contributed by atoms with Gasteiger partial charge in [0.05, 0.1) is 19.7 Å². The number of amides is 1. The van der Waals surface area contributed by atoms with Crippen LogP contribution < -0.4 is 0 Å². The van der Waals surface area contributed by atoms with E-state index in [1.165, 1.54) is 11.1 Å². The molecule has 8 heteroatoms. The molecule has 0 aliphatic carbocycles. The van der Waals surface area contributed by atoms with Crippen molar-refractivity contribution in [1.29, 1.82) is 0 Å². The third-order valence-electron chi connectivity index (χ3n) is 6.30. The van der Waals surface area contributed by atoms with E-state index in [-0.39, 0.29) is 37.8 Å². The molecule has 4 aromatic rings. The van der Waals surface area contributed by atoms with Gasteiger partial charge in [0, 0.05) is 22.7 Å². The van der Waals surface area contributed by atoms with Gasteiger partial charge in [0.25, 0.3) is 0 Å². The molecule has 0 bridgehead atoms. The van der Waals surface area contributed by atoms with Gasteiger partial charge in [0.15, 0.2) is 11.5 Å². The molecule has 0 saturated carbocycles. The zero-order valence-electron chi connectivity index (χ0n) is 22.8. The van der Waals surface area contributed by atoms with E-state index < -0.39 is 12.1 Å². The minimum atomic E-state index is -0.679. The van der Waals surface area contributed by atoms with Crippen LogP contribution in [0.4, 0.5) is 4.79 Å². The topological polar surface area (TPSA) is 85.8 Å². The molecule has 1 amide bonds. The average molecular weight is 616 g/mol. The van der Waals surface area contributed by atoms with E-state index in [1.54, 1.807) is 19.1 Å². The fraction of sp³-hybridized carbons (Fsp3) is 0.212. The molecule has 0 saturated heterocycles. The van der Waals surface area contributed by atoms with Crippen LogP contribution in [0.5, 0.6) is 0 Å². The van der Waals surface area contributed by atoms with Crippen LogP contribution in [-0.2, 0) is 34.4 Å². The molecular weight excluding hydrogens is 584 g/mol. The Labute approximate surface area is 248 Å². The summed E-state index contributed by atoms with van der Waals surface area (Å²) in [6.45, 7) is 1.63. The number of hydrogen-bond donors (Lipinski definition) is 0. The fourth-order valence-electron chi connectivity index (χ4n) is 4.35. The first kappa shape index (κ1) is 29.7. The smallest absolute Gasteiger partial charge is 0.410 e. The van der Waals surface area contributed by atoms with E-state index in [2.05, 4.69) is 27.0 Å². The highest BCUT2D eigenvalue weighted by molar-refractivity contribution is 9.08. The van der Waals surface area contributed by atoms with Crippen LogP contribution in [0, 0.1) is 0 Å². The predicted octanol–water partition coefficient (Wildman–Crippen LogP) is 6.77. The maximum absolute atomic E-state index is 13.6. The van der Waals surface area contributed by atoms with Gasteiger partial charge in [-0.25, -0.2) is 14.6 Å². The quantitative estimate of drug-likeness (QED) is 0.0994. The van der Waals surface area contributed by atoms with Gasteiger partial charge in [0.1, 0.15) is 6.61 Å². The molecular formula is C33H31BrN2O5. The van der Waals surface area contributed by atoms with Crippen molar-refractivity contribution in [1.82, 2.24) is 9.88 Å².